The van der Waals surface area contributed by atoms with Crippen molar-refractivity contribution in [3.8, 4) is 0 Å². The molecule has 1 heterocycles. The summed E-state index contributed by atoms with van der Waals surface area (Å²) < 4.78 is 21.6. The Hall–Kier alpha value is -1.63. The van der Waals surface area contributed by atoms with Gasteiger partial charge in [-0.25, -0.2) is 0 Å². The van der Waals surface area contributed by atoms with E-state index in [1.807, 2.05) is 6.92 Å². The molecule has 4 atom stereocenters. The minimum absolute atomic E-state index is 0.0760. The van der Waals surface area contributed by atoms with Gasteiger partial charge in [0.25, 0.3) is 0 Å². The Kier molecular flexibility index (Phi) is 6.34. The largest absolute Gasteiger partial charge is 0.463 e. The fourth-order valence-corrected chi connectivity index (χ4v) is 2.57. The van der Waals surface area contributed by atoms with E-state index in [1.54, 1.807) is 6.92 Å². The minimum atomic E-state index is -1.21. The van der Waals surface area contributed by atoms with Crippen molar-refractivity contribution in [3.63, 3.8) is 0 Å². The van der Waals surface area contributed by atoms with Crippen molar-refractivity contribution in [2.45, 2.75) is 71.4 Å². The second-order valence-corrected chi connectivity index (χ2v) is 5.57. The Morgan fingerprint density at radius 3 is 2.23 bits per heavy atom. The van der Waals surface area contributed by atoms with E-state index in [4.69, 9.17) is 18.9 Å². The average molecular weight is 316 g/mol. The van der Waals surface area contributed by atoms with Gasteiger partial charge in [0.15, 0.2) is 5.60 Å². The molecule has 126 valence electrons. The molecule has 1 aliphatic rings. The van der Waals surface area contributed by atoms with Gasteiger partial charge in [-0.1, -0.05) is 6.92 Å². The molecule has 0 aromatic rings. The van der Waals surface area contributed by atoms with Crippen LogP contribution in [-0.2, 0) is 33.3 Å². The van der Waals surface area contributed by atoms with Crippen LogP contribution in [-0.4, -0.2) is 48.4 Å². The predicted octanol–water partition coefficient (Wildman–Crippen LogP) is 1.37. The monoisotopic (exact) mass is 316 g/mol. The molecule has 22 heavy (non-hydrogen) atoms. The molecule has 1 aliphatic heterocycles. The third-order valence-electron chi connectivity index (χ3n) is 3.68. The zero-order valence-corrected chi connectivity index (χ0v) is 13.7. The number of rotatable bonds is 5. The van der Waals surface area contributed by atoms with Gasteiger partial charge < -0.3 is 18.9 Å². The van der Waals surface area contributed by atoms with Crippen LogP contribution in [0.4, 0.5) is 0 Å². The van der Waals surface area contributed by atoms with Gasteiger partial charge in [0.2, 0.25) is 0 Å². The van der Waals surface area contributed by atoms with Crippen molar-refractivity contribution >= 4 is 17.9 Å². The van der Waals surface area contributed by atoms with E-state index in [1.165, 1.54) is 20.8 Å². The quantitative estimate of drug-likeness (QED) is 0.559. The first-order chi connectivity index (χ1) is 10.2. The summed E-state index contributed by atoms with van der Waals surface area (Å²) in [6, 6.07) is 0. The first-order valence-corrected chi connectivity index (χ1v) is 7.34. The first kappa shape index (κ1) is 18.4. The highest BCUT2D eigenvalue weighted by Crippen LogP contribution is 2.36. The van der Waals surface area contributed by atoms with Gasteiger partial charge in [0.05, 0.1) is 6.10 Å². The molecule has 7 heteroatoms. The summed E-state index contributed by atoms with van der Waals surface area (Å²) in [6.07, 6.45) is -0.425. The van der Waals surface area contributed by atoms with Gasteiger partial charge in [0.1, 0.15) is 18.8 Å². The van der Waals surface area contributed by atoms with Gasteiger partial charge >= 0.3 is 17.9 Å². The Balaban J connectivity index is 3.05. The molecule has 0 saturated carbocycles. The molecule has 1 saturated heterocycles. The maximum Gasteiger partial charge on any atom is 0.303 e. The maximum absolute atomic E-state index is 11.5. The maximum atomic E-state index is 11.5. The second-order valence-electron chi connectivity index (χ2n) is 5.57. The molecule has 0 aromatic heterocycles. The Morgan fingerprint density at radius 1 is 1.14 bits per heavy atom. The molecular weight excluding hydrogens is 292 g/mol. The molecule has 0 radical (unpaired) electrons. The van der Waals surface area contributed by atoms with Crippen LogP contribution in [0.3, 0.4) is 0 Å². The van der Waals surface area contributed by atoms with Crippen molar-refractivity contribution in [1.29, 1.82) is 0 Å². The molecule has 1 fully saturated rings. The summed E-state index contributed by atoms with van der Waals surface area (Å²) in [7, 11) is 0. The van der Waals surface area contributed by atoms with E-state index in [0.717, 1.165) is 0 Å². The predicted molar refractivity (Wildman–Crippen MR) is 75.9 cm³/mol. The first-order valence-electron chi connectivity index (χ1n) is 7.34. The third-order valence-corrected chi connectivity index (χ3v) is 3.68. The van der Waals surface area contributed by atoms with Crippen LogP contribution in [0.5, 0.6) is 0 Å². The lowest BCUT2D eigenvalue weighted by Crippen LogP contribution is -2.62. The fraction of sp³-hybridized carbons (Fsp3) is 0.800. The van der Waals surface area contributed by atoms with Crippen molar-refractivity contribution in [2.75, 3.05) is 6.61 Å². The molecule has 0 spiro atoms. The van der Waals surface area contributed by atoms with Gasteiger partial charge in [-0.3, -0.25) is 14.4 Å². The number of hydrogen-bond donors (Lipinski definition) is 0. The fourth-order valence-electron chi connectivity index (χ4n) is 2.57. The van der Waals surface area contributed by atoms with E-state index in [-0.39, 0.29) is 12.7 Å². The topological polar surface area (TPSA) is 88.1 Å². The minimum Gasteiger partial charge on any atom is -0.463 e. The molecule has 1 rings (SSSR count). The Labute approximate surface area is 130 Å². The Morgan fingerprint density at radius 2 is 1.77 bits per heavy atom. The summed E-state index contributed by atoms with van der Waals surface area (Å²) >= 11 is 0. The molecule has 4 unspecified atom stereocenters. The van der Waals surface area contributed by atoms with Crippen LogP contribution >= 0.6 is 0 Å². The van der Waals surface area contributed by atoms with Crippen LogP contribution < -0.4 is 0 Å². The van der Waals surface area contributed by atoms with Crippen molar-refractivity contribution in [1.82, 2.24) is 0 Å². The molecule has 0 aromatic carbocycles. The lowest BCUT2D eigenvalue weighted by Gasteiger charge is -2.47. The van der Waals surface area contributed by atoms with Crippen LogP contribution in [0.2, 0.25) is 0 Å². The highest BCUT2D eigenvalue weighted by molar-refractivity contribution is 5.68. The van der Waals surface area contributed by atoms with E-state index < -0.39 is 35.7 Å². The molecule has 7 nitrogen and oxygen atoms in total. The zero-order valence-electron chi connectivity index (χ0n) is 13.7. The number of carbonyl (C=O) groups is 3. The van der Waals surface area contributed by atoms with Crippen LogP contribution in [0.1, 0.15) is 47.5 Å². The molecule has 0 N–H and O–H groups in total. The lowest BCUT2D eigenvalue weighted by atomic mass is 9.84. The lowest BCUT2D eigenvalue weighted by molar-refractivity contribution is -0.250. The number of hydrogen-bond acceptors (Lipinski definition) is 7. The van der Waals surface area contributed by atoms with Gasteiger partial charge in [-0.2, -0.15) is 0 Å². The van der Waals surface area contributed by atoms with E-state index in [9.17, 15) is 14.4 Å². The summed E-state index contributed by atoms with van der Waals surface area (Å²) in [6.45, 7) is 7.34. The van der Waals surface area contributed by atoms with E-state index >= 15 is 0 Å². The van der Waals surface area contributed by atoms with Crippen molar-refractivity contribution in [2.24, 2.45) is 0 Å². The SMILES string of the molecule is CCC1CC(OC(C)=O)C(C)(OC(C)=O)C(COC(C)=O)O1. The van der Waals surface area contributed by atoms with Gasteiger partial charge in [0, 0.05) is 27.2 Å². The molecule has 0 aliphatic carbocycles. The van der Waals surface area contributed by atoms with E-state index in [2.05, 4.69) is 0 Å². The average Bonchev–Trinajstić information content (AvgIpc) is 2.38. The molecule has 0 amide bonds. The van der Waals surface area contributed by atoms with Gasteiger partial charge in [-0.05, 0) is 13.3 Å². The normalized spacial score (nSPS) is 31.2. The number of carbonyl (C=O) groups excluding carboxylic acids is 3. The Bertz CT molecular complexity index is 434. The number of esters is 3. The zero-order chi connectivity index (χ0) is 16.9. The summed E-state index contributed by atoms with van der Waals surface area (Å²) in [5, 5.41) is 0. The molecule has 0 bridgehead atoms. The standard InChI is InChI=1S/C15H24O7/c1-6-12-7-13(20-10(3)17)15(5,22-11(4)18)14(21-12)8-19-9(2)16/h12-14H,6-8H2,1-5H3. The number of ether oxygens (including phenoxy) is 4. The summed E-state index contributed by atoms with van der Waals surface area (Å²) in [5.41, 5.74) is -1.21. The molecular formula is C15H24O7. The highest BCUT2D eigenvalue weighted by atomic mass is 16.6. The highest BCUT2D eigenvalue weighted by Gasteiger charge is 2.53. The van der Waals surface area contributed by atoms with Crippen molar-refractivity contribution in [3.05, 3.63) is 0 Å². The summed E-state index contributed by atoms with van der Waals surface area (Å²) in [4.78, 5) is 33.9. The van der Waals surface area contributed by atoms with Crippen LogP contribution in [0.15, 0.2) is 0 Å². The van der Waals surface area contributed by atoms with Gasteiger partial charge in [-0.15, -0.1) is 0 Å². The third kappa shape index (κ3) is 4.69. The van der Waals surface area contributed by atoms with Crippen LogP contribution in [0, 0.1) is 0 Å². The van der Waals surface area contributed by atoms with Crippen LogP contribution in [0.25, 0.3) is 0 Å². The smallest absolute Gasteiger partial charge is 0.303 e. The second kappa shape index (κ2) is 7.58. The summed E-state index contributed by atoms with van der Waals surface area (Å²) in [5.74, 6) is -1.45. The van der Waals surface area contributed by atoms with Crippen molar-refractivity contribution < 1.29 is 33.3 Å². The van der Waals surface area contributed by atoms with E-state index in [0.29, 0.717) is 12.8 Å².